The van der Waals surface area contributed by atoms with Crippen LogP contribution in [0.2, 0.25) is 0 Å². The quantitative estimate of drug-likeness (QED) is 0.269. The minimum Gasteiger partial charge on any atom is -0.383 e. The molecule has 1 saturated heterocycles. The number of fused-ring (bicyclic) bond motifs is 2. The number of H-pyrrole nitrogens is 1. The van der Waals surface area contributed by atoms with Gasteiger partial charge in [0, 0.05) is 55.7 Å². The van der Waals surface area contributed by atoms with E-state index in [2.05, 4.69) is 52.9 Å². The van der Waals surface area contributed by atoms with Gasteiger partial charge < -0.3 is 25.5 Å². The molecule has 0 radical (unpaired) electrons. The number of imidazole rings is 1. The number of nitrogens with two attached hydrogens (primary N) is 1. The van der Waals surface area contributed by atoms with Gasteiger partial charge in [-0.15, -0.1) is 0 Å². The number of nitrogen functional groups attached to an aromatic ring is 1. The highest BCUT2D eigenvalue weighted by Gasteiger charge is 2.30. The molecule has 212 valence electrons. The first-order valence-corrected chi connectivity index (χ1v) is 14.2. The number of anilines is 3. The molecule has 7 rings (SSSR count). The number of halogens is 2. The Balaban J connectivity index is 1.13. The maximum atomic E-state index is 14.1. The normalized spacial score (nSPS) is 20.7. The van der Waals surface area contributed by atoms with Crippen molar-refractivity contribution in [3.63, 3.8) is 0 Å². The topological polar surface area (TPSA) is 104 Å². The summed E-state index contributed by atoms with van der Waals surface area (Å²) in [6.45, 7) is 4.60. The van der Waals surface area contributed by atoms with Crippen LogP contribution in [0.25, 0.3) is 33.2 Å². The molecule has 0 bridgehead atoms. The van der Waals surface area contributed by atoms with Gasteiger partial charge in [-0.3, -0.25) is 4.90 Å². The molecule has 1 aliphatic carbocycles. The van der Waals surface area contributed by atoms with Crippen LogP contribution in [0.3, 0.4) is 0 Å². The van der Waals surface area contributed by atoms with E-state index < -0.39 is 11.6 Å². The molecule has 2 aromatic carbocycles. The SMILES string of the molecule is CN1CCN(C2CCC(n3cc(-c4ccc(Nc5nc6c(F)ccc(F)c6[nH]5)cc4)c4c(N)ncnc43)CC2)CC1. The molecule has 0 spiro atoms. The van der Waals surface area contributed by atoms with Gasteiger partial charge in [0.05, 0.1) is 5.39 Å². The summed E-state index contributed by atoms with van der Waals surface area (Å²) in [6.07, 6.45) is 8.28. The minimum absolute atomic E-state index is 0.0324. The van der Waals surface area contributed by atoms with Crippen LogP contribution in [0.1, 0.15) is 31.7 Å². The lowest BCUT2D eigenvalue weighted by Crippen LogP contribution is -2.49. The minimum atomic E-state index is -0.579. The highest BCUT2D eigenvalue weighted by atomic mass is 19.1. The molecule has 5 aromatic rings. The van der Waals surface area contributed by atoms with Crippen molar-refractivity contribution in [2.75, 3.05) is 44.3 Å². The van der Waals surface area contributed by atoms with E-state index in [1.54, 1.807) is 6.33 Å². The van der Waals surface area contributed by atoms with Gasteiger partial charge in [-0.2, -0.15) is 0 Å². The molecule has 0 atom stereocenters. The van der Waals surface area contributed by atoms with Crippen LogP contribution >= 0.6 is 0 Å². The van der Waals surface area contributed by atoms with Gasteiger partial charge >= 0.3 is 0 Å². The zero-order valence-electron chi connectivity index (χ0n) is 22.9. The Kier molecular flexibility index (Phi) is 6.55. The van der Waals surface area contributed by atoms with Gasteiger partial charge in [-0.05, 0) is 62.6 Å². The lowest BCUT2D eigenvalue weighted by Gasteiger charge is -2.41. The third-order valence-corrected chi connectivity index (χ3v) is 8.76. The molecule has 0 unspecified atom stereocenters. The van der Waals surface area contributed by atoms with Crippen LogP contribution in [-0.4, -0.2) is 73.6 Å². The van der Waals surface area contributed by atoms with Gasteiger partial charge in [-0.25, -0.2) is 23.7 Å². The fourth-order valence-electron chi connectivity index (χ4n) is 6.45. The maximum Gasteiger partial charge on any atom is 0.205 e. The largest absolute Gasteiger partial charge is 0.383 e. The van der Waals surface area contributed by atoms with Crippen LogP contribution in [0.15, 0.2) is 48.9 Å². The fraction of sp³-hybridized carbons (Fsp3) is 0.367. The Hall–Kier alpha value is -4.09. The molecule has 4 heterocycles. The number of aromatic nitrogens is 5. The molecule has 0 amide bonds. The average Bonchev–Trinajstić information content (AvgIpc) is 3.60. The van der Waals surface area contributed by atoms with E-state index in [-0.39, 0.29) is 17.0 Å². The number of nitrogens with zero attached hydrogens (tertiary/aromatic N) is 6. The zero-order valence-corrected chi connectivity index (χ0v) is 22.9. The van der Waals surface area contributed by atoms with Crippen LogP contribution in [0.4, 0.5) is 26.2 Å². The monoisotopic (exact) mass is 557 g/mol. The fourth-order valence-corrected chi connectivity index (χ4v) is 6.45. The Labute approximate surface area is 236 Å². The van der Waals surface area contributed by atoms with Crippen LogP contribution in [0, 0.1) is 11.6 Å². The van der Waals surface area contributed by atoms with E-state index in [0.29, 0.717) is 17.9 Å². The molecule has 2 aliphatic rings. The highest BCUT2D eigenvalue weighted by molar-refractivity contribution is 6.00. The smallest absolute Gasteiger partial charge is 0.205 e. The number of benzene rings is 2. The van der Waals surface area contributed by atoms with Crippen molar-refractivity contribution < 1.29 is 8.78 Å². The summed E-state index contributed by atoms with van der Waals surface area (Å²) in [5.74, 6) is -0.409. The summed E-state index contributed by atoms with van der Waals surface area (Å²) < 4.78 is 30.4. The molecular formula is C30H33F2N9. The van der Waals surface area contributed by atoms with E-state index in [9.17, 15) is 8.78 Å². The molecule has 9 nitrogen and oxygen atoms in total. The third-order valence-electron chi connectivity index (χ3n) is 8.76. The number of likely N-dealkylation sites (N-methyl/N-ethyl adjacent to an activating group) is 1. The van der Waals surface area contributed by atoms with Gasteiger partial charge in [-0.1, -0.05) is 12.1 Å². The van der Waals surface area contributed by atoms with Crippen molar-refractivity contribution in [1.82, 2.24) is 34.3 Å². The number of hydrogen-bond donors (Lipinski definition) is 3. The summed E-state index contributed by atoms with van der Waals surface area (Å²) in [5.41, 5.74) is 9.95. The summed E-state index contributed by atoms with van der Waals surface area (Å²) in [7, 11) is 2.20. The van der Waals surface area contributed by atoms with E-state index in [4.69, 9.17) is 5.73 Å². The van der Waals surface area contributed by atoms with Crippen molar-refractivity contribution in [3.05, 3.63) is 60.6 Å². The lowest BCUT2D eigenvalue weighted by molar-refractivity contribution is 0.0828. The second-order valence-electron chi connectivity index (χ2n) is 11.2. The Bertz CT molecular complexity index is 1660. The average molecular weight is 558 g/mol. The first-order chi connectivity index (χ1) is 19.9. The molecule has 3 aromatic heterocycles. The van der Waals surface area contributed by atoms with Crippen molar-refractivity contribution in [2.45, 2.75) is 37.8 Å². The summed E-state index contributed by atoms with van der Waals surface area (Å²) in [4.78, 5) is 21.0. The number of nitrogens with one attached hydrogen (secondary N) is 2. The molecule has 1 saturated carbocycles. The molecule has 11 heteroatoms. The second-order valence-corrected chi connectivity index (χ2v) is 11.2. The second kappa shape index (κ2) is 10.4. The molecule has 1 aliphatic heterocycles. The van der Waals surface area contributed by atoms with Crippen molar-refractivity contribution in [3.8, 4) is 11.1 Å². The molecule has 41 heavy (non-hydrogen) atoms. The van der Waals surface area contributed by atoms with E-state index in [1.807, 2.05) is 24.3 Å². The standard InChI is InChI=1S/C30H33F2N9/c1-39-12-14-40(15-13-39)20-6-8-21(9-7-20)41-16-22(25-28(33)34-17-35-29(25)41)18-2-4-19(5-3-18)36-30-37-26-23(31)10-11-24(32)27(26)38-30/h2-5,10-11,16-17,20-21H,6-9,12-15H2,1H3,(H2,33,34,35)(H2,36,37,38). The third kappa shape index (κ3) is 4.78. The summed E-state index contributed by atoms with van der Waals surface area (Å²) in [6, 6.07) is 10.9. The van der Waals surface area contributed by atoms with Crippen molar-refractivity contribution in [1.29, 1.82) is 0 Å². The van der Waals surface area contributed by atoms with Gasteiger partial charge in [0.1, 0.15) is 34.6 Å². The Morgan fingerprint density at radius 1 is 0.902 bits per heavy atom. The number of piperazine rings is 1. The van der Waals surface area contributed by atoms with E-state index in [1.165, 1.54) is 12.8 Å². The highest BCUT2D eigenvalue weighted by Crippen LogP contribution is 2.39. The first kappa shape index (κ1) is 25.8. The van der Waals surface area contributed by atoms with Crippen LogP contribution < -0.4 is 11.1 Å². The van der Waals surface area contributed by atoms with E-state index in [0.717, 1.165) is 79.0 Å². The molecular weight excluding hydrogens is 524 g/mol. The summed E-state index contributed by atoms with van der Waals surface area (Å²) in [5, 5.41) is 3.96. The Morgan fingerprint density at radius 3 is 2.34 bits per heavy atom. The number of aromatic amines is 1. The molecule has 2 fully saturated rings. The van der Waals surface area contributed by atoms with Gasteiger partial charge in [0.25, 0.3) is 0 Å². The zero-order chi connectivity index (χ0) is 28.1. The predicted molar refractivity (Wildman–Crippen MR) is 157 cm³/mol. The van der Waals surface area contributed by atoms with Crippen molar-refractivity contribution in [2.24, 2.45) is 0 Å². The summed E-state index contributed by atoms with van der Waals surface area (Å²) >= 11 is 0. The predicted octanol–water partition coefficient (Wildman–Crippen LogP) is 5.31. The Morgan fingerprint density at radius 2 is 1.61 bits per heavy atom. The number of rotatable bonds is 5. The van der Waals surface area contributed by atoms with E-state index >= 15 is 0 Å². The number of hydrogen-bond acceptors (Lipinski definition) is 7. The van der Waals surface area contributed by atoms with Crippen molar-refractivity contribution >= 4 is 39.5 Å². The maximum absolute atomic E-state index is 14.1. The first-order valence-electron chi connectivity index (χ1n) is 14.2. The molecule has 4 N–H and O–H groups in total. The van der Waals surface area contributed by atoms with Crippen LogP contribution in [-0.2, 0) is 0 Å². The lowest BCUT2D eigenvalue weighted by atomic mass is 9.89. The van der Waals surface area contributed by atoms with Gasteiger partial charge in [0.15, 0.2) is 5.82 Å². The van der Waals surface area contributed by atoms with Crippen LogP contribution in [0.5, 0.6) is 0 Å². The van der Waals surface area contributed by atoms with Gasteiger partial charge in [0.2, 0.25) is 5.95 Å².